The van der Waals surface area contributed by atoms with Gasteiger partial charge >= 0.3 is 178 Å². The Morgan fingerprint density at radius 1 is 0.739 bits per heavy atom. The van der Waals surface area contributed by atoms with Gasteiger partial charge in [-0.15, -0.1) is 0 Å². The van der Waals surface area contributed by atoms with E-state index < -0.39 is 10.3 Å². The van der Waals surface area contributed by atoms with Crippen LogP contribution in [0.5, 0.6) is 0 Å². The van der Waals surface area contributed by atoms with E-state index >= 15 is 0 Å². The molecule has 0 saturated carbocycles. The molecule has 2 aromatic carbocycles. The van der Waals surface area contributed by atoms with Gasteiger partial charge in [-0.05, 0) is 0 Å². The summed E-state index contributed by atoms with van der Waals surface area (Å²) in [6.07, 6.45) is 0. The minimum atomic E-state index is -2.58. The van der Waals surface area contributed by atoms with Crippen LogP contribution < -0.4 is 0 Å². The first-order chi connectivity index (χ1) is 10.8. The Kier molecular flexibility index (Phi) is 8.02. The number of benzene rings is 2. The third-order valence-electron chi connectivity index (χ3n) is 3.02. The standard InChI is InChI=1S/C16H12Br2I2O2Te/c17-13-5-1-11(2-6-13)15(21)9-23(19,20)10-16(22)12-3-7-14(18)8-4-12/h1-8H,9-10H2. The average molecular weight is 777 g/mol. The Morgan fingerprint density at radius 2 is 1.04 bits per heavy atom. The Morgan fingerprint density at radius 3 is 1.35 bits per heavy atom. The molecule has 2 rings (SSSR count). The summed E-state index contributed by atoms with van der Waals surface area (Å²) >= 11 is 11.5. The van der Waals surface area contributed by atoms with Gasteiger partial charge in [0.15, 0.2) is 0 Å². The van der Waals surface area contributed by atoms with Gasteiger partial charge in [-0.25, -0.2) is 0 Å². The molecule has 0 bridgehead atoms. The number of carbonyl (C=O) groups excluding carboxylic acids is 2. The first-order valence-electron chi connectivity index (χ1n) is 6.52. The fraction of sp³-hybridized carbons (Fsp3) is 0.125. The van der Waals surface area contributed by atoms with Crippen LogP contribution in [0.25, 0.3) is 0 Å². The van der Waals surface area contributed by atoms with Crippen LogP contribution >= 0.6 is 69.2 Å². The molecule has 122 valence electrons. The number of halogens is 4. The molecule has 0 fully saturated rings. The summed E-state index contributed by atoms with van der Waals surface area (Å²) < 4.78 is 2.93. The molecule has 0 heterocycles. The van der Waals surface area contributed by atoms with Crippen molar-refractivity contribution in [2.75, 3.05) is 0 Å². The number of ketones is 2. The molecule has 23 heavy (non-hydrogen) atoms. The van der Waals surface area contributed by atoms with Crippen LogP contribution in [0.1, 0.15) is 20.7 Å². The third kappa shape index (κ3) is 6.66. The second kappa shape index (κ2) is 9.08. The quantitative estimate of drug-likeness (QED) is 0.189. The molecule has 2 nitrogen and oxygen atoms in total. The topological polar surface area (TPSA) is 34.1 Å². The van der Waals surface area contributed by atoms with Gasteiger partial charge in [0.1, 0.15) is 0 Å². The predicted molar refractivity (Wildman–Crippen MR) is 120 cm³/mol. The number of carbonyl (C=O) groups is 2. The van der Waals surface area contributed by atoms with E-state index in [1.165, 1.54) is 0 Å². The molecular formula is C16H12Br2I2O2Te. The van der Waals surface area contributed by atoms with Crippen molar-refractivity contribution >= 4 is 91.1 Å². The normalized spacial score (nSPS) is 12.0. The maximum absolute atomic E-state index is 12.4. The minimum absolute atomic E-state index is 0.131. The molecule has 0 spiro atoms. The molecule has 0 N–H and O–H groups in total. The first-order valence-corrected chi connectivity index (χ1v) is 25.0. The Bertz CT molecular complexity index is 654. The van der Waals surface area contributed by atoms with Gasteiger partial charge in [0.25, 0.3) is 0 Å². The molecule has 2 aromatic rings. The van der Waals surface area contributed by atoms with Gasteiger partial charge in [-0.1, -0.05) is 0 Å². The zero-order valence-corrected chi connectivity index (χ0v) is 21.6. The number of Topliss-reactive ketones (excluding diaryl/α,β-unsaturated/α-hetero) is 2. The zero-order valence-electron chi connectivity index (χ0n) is 11.8. The predicted octanol–water partition coefficient (Wildman–Crippen LogP) is 6.59. The van der Waals surface area contributed by atoms with Gasteiger partial charge in [0, 0.05) is 0 Å². The van der Waals surface area contributed by atoms with Crippen molar-refractivity contribution in [2.24, 2.45) is 0 Å². The van der Waals surface area contributed by atoms with Crippen LogP contribution in [-0.4, -0.2) is 21.9 Å². The van der Waals surface area contributed by atoms with Gasteiger partial charge in [0.2, 0.25) is 0 Å². The molecule has 0 aliphatic rings. The van der Waals surface area contributed by atoms with E-state index in [9.17, 15) is 9.59 Å². The number of hydrogen-bond donors (Lipinski definition) is 0. The van der Waals surface area contributed by atoms with E-state index in [0.717, 1.165) is 8.95 Å². The van der Waals surface area contributed by atoms with Crippen molar-refractivity contribution in [3.05, 3.63) is 68.6 Å². The van der Waals surface area contributed by atoms with Crippen molar-refractivity contribution < 1.29 is 9.59 Å². The summed E-state index contributed by atoms with van der Waals surface area (Å²) in [4.78, 5) is 24.9. The summed E-state index contributed by atoms with van der Waals surface area (Å²) in [5.41, 5.74) is 1.43. The van der Waals surface area contributed by atoms with E-state index in [4.69, 9.17) is 0 Å². The molecule has 0 aliphatic heterocycles. The van der Waals surface area contributed by atoms with Gasteiger partial charge in [0.05, 0.1) is 0 Å². The van der Waals surface area contributed by atoms with Crippen LogP contribution in [0.2, 0.25) is 8.94 Å². The van der Waals surface area contributed by atoms with E-state index in [1.807, 2.05) is 48.5 Å². The summed E-state index contributed by atoms with van der Waals surface area (Å²) in [6, 6.07) is 14.8. The van der Waals surface area contributed by atoms with Crippen LogP contribution in [0.3, 0.4) is 0 Å². The molecular weight excluding hydrogens is 765 g/mol. The number of rotatable bonds is 6. The van der Waals surface area contributed by atoms with E-state index in [-0.39, 0.29) is 11.6 Å². The summed E-state index contributed by atoms with van der Waals surface area (Å²) in [5, 5.41) is 0. The summed E-state index contributed by atoms with van der Waals surface area (Å²) in [6.45, 7) is 0. The summed E-state index contributed by atoms with van der Waals surface area (Å²) in [7, 11) is -2.58. The van der Waals surface area contributed by atoms with Crippen LogP contribution in [0, 0.1) is 0 Å². The fourth-order valence-electron chi connectivity index (χ4n) is 1.87. The maximum atomic E-state index is 12.4. The summed E-state index contributed by atoms with van der Waals surface area (Å²) in [5.74, 6) is 0.261. The average Bonchev–Trinajstić information content (AvgIpc) is 2.47. The Labute approximate surface area is 175 Å². The molecule has 0 aliphatic carbocycles. The van der Waals surface area contributed by atoms with Crippen LogP contribution in [-0.2, 0) is 0 Å². The number of hydrogen-bond acceptors (Lipinski definition) is 2. The van der Waals surface area contributed by atoms with E-state index in [0.29, 0.717) is 20.1 Å². The fourth-order valence-corrected chi connectivity index (χ4v) is 13.4. The van der Waals surface area contributed by atoms with Crippen LogP contribution in [0.4, 0.5) is 0 Å². The molecule has 0 atom stereocenters. The molecule has 0 aromatic heterocycles. The molecule has 0 saturated heterocycles. The monoisotopic (exact) mass is 778 g/mol. The third-order valence-corrected chi connectivity index (χ3v) is 16.3. The van der Waals surface area contributed by atoms with Crippen molar-refractivity contribution in [1.29, 1.82) is 0 Å². The molecule has 0 radical (unpaired) electrons. The van der Waals surface area contributed by atoms with Gasteiger partial charge in [-0.2, -0.15) is 0 Å². The Hall–Kier alpha value is 0.990. The van der Waals surface area contributed by atoms with Crippen molar-refractivity contribution in [3.63, 3.8) is 0 Å². The first kappa shape index (κ1) is 20.3. The molecule has 0 unspecified atom stereocenters. The molecule has 0 amide bonds. The second-order valence-corrected chi connectivity index (χ2v) is 46.2. The SMILES string of the molecule is O=C(C[Te](I)(I)CC(=O)c1ccc(Br)cc1)c1ccc(Br)cc1. The Balaban J connectivity index is 2.03. The zero-order chi connectivity index (χ0) is 17.0. The van der Waals surface area contributed by atoms with Crippen molar-refractivity contribution in [1.82, 2.24) is 0 Å². The van der Waals surface area contributed by atoms with Crippen molar-refractivity contribution in [3.8, 4) is 0 Å². The van der Waals surface area contributed by atoms with Crippen molar-refractivity contribution in [2.45, 2.75) is 8.94 Å². The van der Waals surface area contributed by atoms with Gasteiger partial charge in [-0.3, -0.25) is 0 Å². The van der Waals surface area contributed by atoms with E-state index in [1.54, 1.807) is 0 Å². The van der Waals surface area contributed by atoms with Gasteiger partial charge < -0.3 is 0 Å². The second-order valence-electron chi connectivity index (χ2n) is 4.85. The van der Waals surface area contributed by atoms with Crippen LogP contribution in [0.15, 0.2) is 57.5 Å². The van der Waals surface area contributed by atoms with E-state index in [2.05, 4.69) is 69.2 Å². The molecule has 7 heteroatoms.